The molecule has 0 spiro atoms. The summed E-state index contributed by atoms with van der Waals surface area (Å²) in [6.07, 6.45) is 0. The molecule has 0 aliphatic rings. The summed E-state index contributed by atoms with van der Waals surface area (Å²) in [6, 6.07) is 10.6. The summed E-state index contributed by atoms with van der Waals surface area (Å²) >= 11 is 0. The molecule has 0 bridgehead atoms. The molecule has 8 N–H and O–H groups in total. The molecule has 20 heavy (non-hydrogen) atoms. The predicted molar refractivity (Wildman–Crippen MR) is 76.6 cm³/mol. The van der Waals surface area contributed by atoms with Crippen LogP contribution in [0.4, 0.5) is 11.4 Å². The predicted octanol–water partition coefficient (Wildman–Crippen LogP) is 2.05. The lowest BCUT2D eigenvalue weighted by molar-refractivity contribution is 0.472. The summed E-state index contributed by atoms with van der Waals surface area (Å²) in [6.45, 7) is 0. The molecule has 0 radical (unpaired) electrons. The second-order valence-electron chi connectivity index (χ2n) is 3.85. The van der Waals surface area contributed by atoms with Crippen molar-refractivity contribution in [1.29, 1.82) is 0 Å². The van der Waals surface area contributed by atoms with Crippen LogP contribution in [0.25, 0.3) is 0 Å². The normalized spacial score (nSPS) is 10.7. The van der Waals surface area contributed by atoms with Crippen molar-refractivity contribution >= 4 is 21.5 Å². The highest BCUT2D eigenvalue weighted by Crippen LogP contribution is 2.28. The van der Waals surface area contributed by atoms with E-state index in [1.807, 2.05) is 0 Å². The first-order valence-electron chi connectivity index (χ1n) is 5.27. The van der Waals surface area contributed by atoms with Crippen molar-refractivity contribution in [2.45, 2.75) is 4.90 Å². The molecule has 8 heteroatoms. The lowest BCUT2D eigenvalue weighted by Gasteiger charge is -2.08. The molecular weight excluding hydrogens is 282 g/mol. The van der Waals surface area contributed by atoms with Crippen LogP contribution in [0, 0.1) is 0 Å². The van der Waals surface area contributed by atoms with E-state index < -0.39 is 10.1 Å². The van der Waals surface area contributed by atoms with Gasteiger partial charge in [0.15, 0.2) is 0 Å². The molecule has 2 rings (SSSR count). The zero-order valence-corrected chi connectivity index (χ0v) is 11.3. The molecular formula is C12H15N3O4S. The van der Waals surface area contributed by atoms with Crippen molar-refractivity contribution in [3.8, 4) is 11.5 Å². The van der Waals surface area contributed by atoms with Crippen LogP contribution < -0.4 is 22.4 Å². The van der Waals surface area contributed by atoms with Gasteiger partial charge in [0.1, 0.15) is 16.4 Å². The smallest absolute Gasteiger partial charge is 0.296 e. The van der Waals surface area contributed by atoms with Crippen molar-refractivity contribution in [2.75, 3.05) is 11.5 Å². The van der Waals surface area contributed by atoms with Gasteiger partial charge in [0, 0.05) is 11.8 Å². The van der Waals surface area contributed by atoms with E-state index in [1.54, 1.807) is 24.3 Å². The molecule has 0 aliphatic heterocycles. The van der Waals surface area contributed by atoms with Crippen LogP contribution in [-0.4, -0.2) is 13.0 Å². The Morgan fingerprint density at radius 1 is 0.950 bits per heavy atom. The van der Waals surface area contributed by atoms with Gasteiger partial charge in [0.2, 0.25) is 0 Å². The Labute approximate surface area is 116 Å². The molecule has 0 amide bonds. The molecule has 108 valence electrons. The molecule has 0 saturated carbocycles. The summed E-state index contributed by atoms with van der Waals surface area (Å²) in [5.41, 5.74) is 11.6. The van der Waals surface area contributed by atoms with E-state index in [0.717, 1.165) is 6.07 Å². The number of anilines is 2. The zero-order valence-electron chi connectivity index (χ0n) is 10.5. The average Bonchev–Trinajstić information content (AvgIpc) is 2.33. The Bertz CT molecular complexity index is 699. The van der Waals surface area contributed by atoms with Crippen LogP contribution in [0.15, 0.2) is 47.4 Å². The third kappa shape index (κ3) is 3.60. The van der Waals surface area contributed by atoms with E-state index in [2.05, 4.69) is 0 Å². The zero-order chi connectivity index (χ0) is 14.0. The van der Waals surface area contributed by atoms with Crippen molar-refractivity contribution in [3.05, 3.63) is 42.5 Å². The van der Waals surface area contributed by atoms with Gasteiger partial charge in [0.05, 0.1) is 5.69 Å². The Morgan fingerprint density at radius 3 is 2.05 bits per heavy atom. The second kappa shape index (κ2) is 5.78. The lowest BCUT2D eigenvalue weighted by atomic mass is 10.3. The number of nitrogen functional groups attached to an aromatic ring is 2. The number of benzene rings is 2. The molecule has 0 aliphatic carbocycles. The van der Waals surface area contributed by atoms with Crippen molar-refractivity contribution in [1.82, 2.24) is 6.15 Å². The van der Waals surface area contributed by atoms with Crippen LogP contribution >= 0.6 is 0 Å². The summed E-state index contributed by atoms with van der Waals surface area (Å²) in [5.74, 6) is 0.729. The van der Waals surface area contributed by atoms with Gasteiger partial charge in [-0.3, -0.25) is 4.55 Å². The highest BCUT2D eigenvalue weighted by molar-refractivity contribution is 7.86. The Kier molecular flexibility index (Phi) is 4.56. The van der Waals surface area contributed by atoms with E-state index in [4.69, 9.17) is 20.8 Å². The van der Waals surface area contributed by atoms with Gasteiger partial charge >= 0.3 is 0 Å². The summed E-state index contributed by atoms with van der Waals surface area (Å²) in [4.78, 5) is -0.388. The van der Waals surface area contributed by atoms with Crippen LogP contribution in [0.3, 0.4) is 0 Å². The first-order valence-corrected chi connectivity index (χ1v) is 6.71. The fraction of sp³-hybridized carbons (Fsp3) is 0. The first kappa shape index (κ1) is 15.8. The molecule has 0 saturated heterocycles. The average molecular weight is 297 g/mol. The van der Waals surface area contributed by atoms with Gasteiger partial charge in [0.25, 0.3) is 10.1 Å². The van der Waals surface area contributed by atoms with Gasteiger partial charge in [-0.25, -0.2) is 0 Å². The quantitative estimate of drug-likeness (QED) is 0.500. The lowest BCUT2D eigenvalue weighted by Crippen LogP contribution is -2.03. The highest BCUT2D eigenvalue weighted by Gasteiger charge is 2.15. The maximum absolute atomic E-state index is 11.1. The molecule has 0 heterocycles. The van der Waals surface area contributed by atoms with E-state index >= 15 is 0 Å². The molecule has 0 fully saturated rings. The van der Waals surface area contributed by atoms with E-state index in [0.29, 0.717) is 11.4 Å². The molecule has 2 aromatic carbocycles. The molecule has 0 atom stereocenters. The Balaban J connectivity index is 0.00000200. The summed E-state index contributed by atoms with van der Waals surface area (Å²) in [5, 5.41) is 0. The standard InChI is InChI=1S/C12H12N2O4S.H3N/c13-8-1-3-9(4-2-8)18-10-5-6-11(14)12(7-10)19(15,16)17;/h1-7H,13-14H2,(H,15,16,17);1H3. The number of ether oxygens (including phenoxy) is 1. The number of rotatable bonds is 3. The third-order valence-corrected chi connectivity index (χ3v) is 3.29. The van der Waals surface area contributed by atoms with Gasteiger partial charge in [-0.1, -0.05) is 0 Å². The number of hydrogen-bond donors (Lipinski definition) is 4. The van der Waals surface area contributed by atoms with Gasteiger partial charge in [-0.2, -0.15) is 8.42 Å². The summed E-state index contributed by atoms with van der Waals surface area (Å²) < 4.78 is 36.7. The maximum atomic E-state index is 11.1. The van der Waals surface area contributed by atoms with Crippen molar-refractivity contribution < 1.29 is 17.7 Å². The van der Waals surface area contributed by atoms with Crippen LogP contribution in [0.1, 0.15) is 0 Å². The fourth-order valence-corrected chi connectivity index (χ4v) is 2.10. The summed E-state index contributed by atoms with van der Waals surface area (Å²) in [7, 11) is -4.38. The molecule has 2 aromatic rings. The van der Waals surface area contributed by atoms with Gasteiger partial charge in [-0.05, 0) is 36.4 Å². The minimum Gasteiger partial charge on any atom is -0.457 e. The largest absolute Gasteiger partial charge is 0.457 e. The topological polar surface area (TPSA) is 151 Å². The van der Waals surface area contributed by atoms with Crippen molar-refractivity contribution in [2.24, 2.45) is 0 Å². The molecule has 7 nitrogen and oxygen atoms in total. The molecule has 0 aromatic heterocycles. The first-order chi connectivity index (χ1) is 8.86. The minimum atomic E-state index is -4.38. The Morgan fingerprint density at radius 2 is 1.50 bits per heavy atom. The van der Waals surface area contributed by atoms with Crippen LogP contribution in [0.2, 0.25) is 0 Å². The maximum Gasteiger partial charge on any atom is 0.296 e. The van der Waals surface area contributed by atoms with Gasteiger partial charge in [-0.15, -0.1) is 0 Å². The number of hydrogen-bond acceptors (Lipinski definition) is 6. The van der Waals surface area contributed by atoms with E-state index in [9.17, 15) is 8.42 Å². The SMILES string of the molecule is N.Nc1ccc(Oc2ccc(N)c(S(=O)(=O)O)c2)cc1. The van der Waals surface area contributed by atoms with Crippen LogP contribution in [0.5, 0.6) is 11.5 Å². The monoisotopic (exact) mass is 297 g/mol. The van der Waals surface area contributed by atoms with Crippen LogP contribution in [-0.2, 0) is 10.1 Å². The minimum absolute atomic E-state index is 0. The Hall–Kier alpha value is -2.29. The molecule has 0 unspecified atom stereocenters. The van der Waals surface area contributed by atoms with Crippen molar-refractivity contribution in [3.63, 3.8) is 0 Å². The van der Waals surface area contributed by atoms with Gasteiger partial charge < -0.3 is 22.4 Å². The van der Waals surface area contributed by atoms with E-state index in [-0.39, 0.29) is 22.5 Å². The fourth-order valence-electron chi connectivity index (χ4n) is 1.47. The highest BCUT2D eigenvalue weighted by atomic mass is 32.2. The van der Waals surface area contributed by atoms with E-state index in [1.165, 1.54) is 12.1 Å². The second-order valence-corrected chi connectivity index (χ2v) is 5.24. The third-order valence-electron chi connectivity index (χ3n) is 2.38. The number of nitrogens with two attached hydrogens (primary N) is 2.